The van der Waals surface area contributed by atoms with Crippen molar-refractivity contribution in [1.82, 2.24) is 19.5 Å². The first-order valence-electron chi connectivity index (χ1n) is 8.10. The molecule has 0 N–H and O–H groups in total. The van der Waals surface area contributed by atoms with Gasteiger partial charge in [-0.1, -0.05) is 24.4 Å². The second-order valence-electron chi connectivity index (χ2n) is 6.43. The van der Waals surface area contributed by atoms with Crippen LogP contribution < -0.4 is 5.76 Å². The molecule has 1 saturated carbocycles. The third kappa shape index (κ3) is 2.87. The van der Waals surface area contributed by atoms with Crippen LogP contribution in [0, 0.1) is 19.8 Å². The fraction of sp³-hybridized carbons (Fsp3) is 0.688. The Balaban J connectivity index is 1.84. The second-order valence-corrected chi connectivity index (χ2v) is 6.43. The molecule has 0 unspecified atom stereocenters. The Morgan fingerprint density at radius 2 is 1.95 bits per heavy atom. The maximum atomic E-state index is 12.0. The largest absolute Gasteiger partial charge is 0.441 e. The van der Waals surface area contributed by atoms with Gasteiger partial charge < -0.3 is 0 Å². The summed E-state index contributed by atoms with van der Waals surface area (Å²) in [4.78, 5) is 12.0. The van der Waals surface area contributed by atoms with E-state index in [-0.39, 0.29) is 5.76 Å². The van der Waals surface area contributed by atoms with Crippen molar-refractivity contribution in [2.24, 2.45) is 13.0 Å². The average molecular weight is 304 g/mol. The summed E-state index contributed by atoms with van der Waals surface area (Å²) in [6.07, 6.45) is 6.84. The van der Waals surface area contributed by atoms with E-state index >= 15 is 0 Å². The lowest BCUT2D eigenvalue weighted by atomic mass is 9.89. The van der Waals surface area contributed by atoms with Crippen molar-refractivity contribution in [3.63, 3.8) is 0 Å². The molecule has 2 aromatic heterocycles. The minimum atomic E-state index is -0.334. The van der Waals surface area contributed by atoms with Gasteiger partial charge in [0.25, 0.3) is 0 Å². The molecule has 120 valence electrons. The number of aryl methyl sites for hydroxylation is 2. The first kappa shape index (κ1) is 15.1. The van der Waals surface area contributed by atoms with Gasteiger partial charge in [-0.3, -0.25) is 13.8 Å². The van der Waals surface area contributed by atoms with Gasteiger partial charge in [0.15, 0.2) is 5.82 Å². The molecule has 1 fully saturated rings. The SMILES string of the molecule is Cc1nn(C)c(C)c1Cc1noc(=O)n1CC1CCCCC1. The van der Waals surface area contributed by atoms with E-state index in [0.717, 1.165) is 29.3 Å². The Morgan fingerprint density at radius 3 is 2.59 bits per heavy atom. The van der Waals surface area contributed by atoms with Crippen molar-refractivity contribution in [3.05, 3.63) is 33.3 Å². The zero-order valence-electron chi connectivity index (χ0n) is 13.6. The molecule has 1 aliphatic carbocycles. The first-order chi connectivity index (χ1) is 10.6. The van der Waals surface area contributed by atoms with Crippen LogP contribution in [0.5, 0.6) is 0 Å². The number of hydrogen-bond donors (Lipinski definition) is 0. The van der Waals surface area contributed by atoms with Gasteiger partial charge in [-0.05, 0) is 32.6 Å². The van der Waals surface area contributed by atoms with E-state index < -0.39 is 0 Å². The molecule has 3 rings (SSSR count). The molecule has 0 aromatic carbocycles. The fourth-order valence-electron chi connectivity index (χ4n) is 3.46. The van der Waals surface area contributed by atoms with Gasteiger partial charge in [0.05, 0.1) is 5.69 Å². The molecule has 2 aromatic rings. The Kier molecular flexibility index (Phi) is 4.18. The maximum Gasteiger partial charge on any atom is 0.441 e. The molecule has 0 atom stereocenters. The van der Waals surface area contributed by atoms with Crippen LogP contribution in [0.2, 0.25) is 0 Å². The molecule has 0 radical (unpaired) electrons. The van der Waals surface area contributed by atoms with Crippen LogP contribution in [0.1, 0.15) is 54.9 Å². The van der Waals surface area contributed by atoms with E-state index in [4.69, 9.17) is 4.52 Å². The molecule has 6 heteroatoms. The standard InChI is InChI=1S/C16H24N4O2/c1-11-14(12(2)19(3)17-11)9-15-18-22-16(21)20(15)10-13-7-5-4-6-8-13/h13H,4-10H2,1-3H3. The van der Waals surface area contributed by atoms with Gasteiger partial charge in [-0.25, -0.2) is 4.79 Å². The summed E-state index contributed by atoms with van der Waals surface area (Å²) in [7, 11) is 1.93. The summed E-state index contributed by atoms with van der Waals surface area (Å²) in [6.45, 7) is 4.76. The van der Waals surface area contributed by atoms with Crippen molar-refractivity contribution >= 4 is 0 Å². The molecule has 0 amide bonds. The third-order valence-electron chi connectivity index (χ3n) is 4.92. The molecule has 1 aliphatic rings. The monoisotopic (exact) mass is 304 g/mol. The Labute approximate surface area is 130 Å². The van der Waals surface area contributed by atoms with Crippen molar-refractivity contribution < 1.29 is 4.52 Å². The molecular weight excluding hydrogens is 280 g/mol. The van der Waals surface area contributed by atoms with E-state index in [2.05, 4.69) is 10.3 Å². The summed E-state index contributed by atoms with van der Waals surface area (Å²) in [5, 5.41) is 8.44. The van der Waals surface area contributed by atoms with Crippen LogP contribution in [0.25, 0.3) is 0 Å². The summed E-state index contributed by atoms with van der Waals surface area (Å²) in [5.41, 5.74) is 3.23. The highest BCUT2D eigenvalue weighted by atomic mass is 16.5. The van der Waals surface area contributed by atoms with E-state index in [1.807, 2.05) is 25.6 Å². The van der Waals surface area contributed by atoms with Crippen LogP contribution in [0.3, 0.4) is 0 Å². The van der Waals surface area contributed by atoms with Gasteiger partial charge in [0, 0.05) is 31.3 Å². The summed E-state index contributed by atoms with van der Waals surface area (Å²) < 4.78 is 8.52. The number of hydrogen-bond acceptors (Lipinski definition) is 4. The van der Waals surface area contributed by atoms with Gasteiger partial charge >= 0.3 is 5.76 Å². The van der Waals surface area contributed by atoms with Crippen molar-refractivity contribution in [2.45, 2.75) is 58.9 Å². The first-order valence-corrected chi connectivity index (χ1v) is 8.10. The lowest BCUT2D eigenvalue weighted by Gasteiger charge is -2.21. The summed E-state index contributed by atoms with van der Waals surface area (Å²) >= 11 is 0. The highest BCUT2D eigenvalue weighted by Crippen LogP contribution is 2.25. The highest BCUT2D eigenvalue weighted by molar-refractivity contribution is 5.27. The zero-order chi connectivity index (χ0) is 15.7. The number of rotatable bonds is 4. The van der Waals surface area contributed by atoms with E-state index in [9.17, 15) is 4.79 Å². The number of aromatic nitrogens is 4. The van der Waals surface area contributed by atoms with Crippen molar-refractivity contribution in [1.29, 1.82) is 0 Å². The van der Waals surface area contributed by atoms with Crippen LogP contribution in [0.4, 0.5) is 0 Å². The van der Waals surface area contributed by atoms with E-state index in [0.29, 0.717) is 12.3 Å². The number of nitrogens with zero attached hydrogens (tertiary/aromatic N) is 4. The molecule has 6 nitrogen and oxygen atoms in total. The predicted molar refractivity (Wildman–Crippen MR) is 82.8 cm³/mol. The van der Waals surface area contributed by atoms with Crippen LogP contribution >= 0.6 is 0 Å². The van der Waals surface area contributed by atoms with Gasteiger partial charge in [-0.15, -0.1) is 0 Å². The maximum absolute atomic E-state index is 12.0. The molecule has 22 heavy (non-hydrogen) atoms. The van der Waals surface area contributed by atoms with Gasteiger partial charge in [-0.2, -0.15) is 5.10 Å². The molecule has 0 spiro atoms. The Morgan fingerprint density at radius 1 is 1.23 bits per heavy atom. The lowest BCUT2D eigenvalue weighted by Crippen LogP contribution is -2.24. The summed E-state index contributed by atoms with van der Waals surface area (Å²) in [5.74, 6) is 0.954. The average Bonchev–Trinajstić information content (AvgIpc) is 2.96. The normalized spacial score (nSPS) is 16.3. The Bertz CT molecular complexity index is 704. The Hall–Kier alpha value is -1.85. The zero-order valence-corrected chi connectivity index (χ0v) is 13.6. The second kappa shape index (κ2) is 6.10. The molecule has 2 heterocycles. The molecule has 0 bridgehead atoms. The highest BCUT2D eigenvalue weighted by Gasteiger charge is 2.20. The van der Waals surface area contributed by atoms with E-state index in [1.165, 1.54) is 32.1 Å². The van der Waals surface area contributed by atoms with Crippen molar-refractivity contribution in [3.8, 4) is 0 Å². The molecular formula is C16H24N4O2. The fourth-order valence-corrected chi connectivity index (χ4v) is 3.46. The third-order valence-corrected chi connectivity index (χ3v) is 4.92. The minimum absolute atomic E-state index is 0.334. The smallest absolute Gasteiger partial charge is 0.296 e. The van der Waals surface area contributed by atoms with E-state index in [1.54, 1.807) is 4.57 Å². The van der Waals surface area contributed by atoms with Crippen LogP contribution in [0.15, 0.2) is 9.32 Å². The van der Waals surface area contributed by atoms with Crippen LogP contribution in [-0.4, -0.2) is 19.5 Å². The molecule has 0 saturated heterocycles. The van der Waals surface area contributed by atoms with Gasteiger partial charge in [0.1, 0.15) is 0 Å². The van der Waals surface area contributed by atoms with Crippen molar-refractivity contribution in [2.75, 3.05) is 0 Å². The predicted octanol–water partition coefficient (Wildman–Crippen LogP) is 2.36. The minimum Gasteiger partial charge on any atom is -0.296 e. The van der Waals surface area contributed by atoms with Crippen LogP contribution in [-0.2, 0) is 20.0 Å². The lowest BCUT2D eigenvalue weighted by molar-refractivity contribution is 0.303. The van der Waals surface area contributed by atoms with Gasteiger partial charge in [0.2, 0.25) is 0 Å². The summed E-state index contributed by atoms with van der Waals surface area (Å²) in [6, 6.07) is 0. The topological polar surface area (TPSA) is 65.8 Å². The molecule has 0 aliphatic heterocycles. The quantitative estimate of drug-likeness (QED) is 0.869.